The van der Waals surface area contributed by atoms with Crippen LogP contribution < -0.4 is 4.57 Å². The number of benzene rings is 3. The predicted octanol–water partition coefficient (Wildman–Crippen LogP) is 7.77. The second kappa shape index (κ2) is 6.86. The Labute approximate surface area is 222 Å². The molecule has 38 heavy (non-hydrogen) atoms. The molecule has 0 spiro atoms. The Kier molecular flexibility index (Phi) is 3.85. The van der Waals surface area contributed by atoms with E-state index >= 15 is 0 Å². The van der Waals surface area contributed by atoms with Gasteiger partial charge in [0.25, 0.3) is 0 Å². The molecule has 0 unspecified atom stereocenters. The van der Waals surface area contributed by atoms with Gasteiger partial charge in [-0.2, -0.15) is 5.26 Å². The van der Waals surface area contributed by atoms with Gasteiger partial charge in [-0.15, -0.1) is 0 Å². The third-order valence-electron chi connectivity index (χ3n) is 11.1. The van der Waals surface area contributed by atoms with Gasteiger partial charge in [0.1, 0.15) is 7.05 Å². The molecule has 4 fully saturated rings. The SMILES string of the molecule is Cc1cc2c3c(C#N)cccc3n3c4cc(C56CC7CC(CC(C7)C5)C6)cc5cc[n+](C)c(c(c1C)c23)c54. The quantitative estimate of drug-likeness (QED) is 0.131. The number of fused-ring (bicyclic) bond motifs is 5. The summed E-state index contributed by atoms with van der Waals surface area (Å²) in [6, 6.07) is 18.6. The van der Waals surface area contributed by atoms with Crippen LogP contribution >= 0.6 is 0 Å². The molecule has 0 saturated heterocycles. The van der Waals surface area contributed by atoms with E-state index in [4.69, 9.17) is 0 Å². The van der Waals surface area contributed by atoms with Crippen LogP contribution in [0.1, 0.15) is 60.8 Å². The van der Waals surface area contributed by atoms with Gasteiger partial charge < -0.3 is 4.40 Å². The van der Waals surface area contributed by atoms with Crippen molar-refractivity contribution < 1.29 is 4.57 Å². The zero-order valence-corrected chi connectivity index (χ0v) is 22.4. The molecule has 0 atom stereocenters. The Balaban J connectivity index is 1.52. The summed E-state index contributed by atoms with van der Waals surface area (Å²) in [4.78, 5) is 0. The van der Waals surface area contributed by atoms with Crippen molar-refractivity contribution in [2.75, 3.05) is 0 Å². The molecule has 10 rings (SSSR count). The van der Waals surface area contributed by atoms with Crippen molar-refractivity contribution in [3.63, 3.8) is 0 Å². The minimum atomic E-state index is 0.334. The number of hydrogen-bond acceptors (Lipinski definition) is 1. The molecular weight excluding hydrogens is 462 g/mol. The maximum absolute atomic E-state index is 10.1. The largest absolute Gasteiger partial charge is 0.307 e. The monoisotopic (exact) mass is 494 g/mol. The first-order valence-corrected chi connectivity index (χ1v) is 14.4. The summed E-state index contributed by atoms with van der Waals surface area (Å²) in [6.45, 7) is 4.49. The minimum absolute atomic E-state index is 0.334. The van der Waals surface area contributed by atoms with E-state index in [2.05, 4.69) is 78.5 Å². The van der Waals surface area contributed by atoms with Crippen molar-refractivity contribution in [1.29, 1.82) is 5.26 Å². The number of pyridine rings is 2. The van der Waals surface area contributed by atoms with Gasteiger partial charge in [-0.3, -0.25) is 0 Å². The Morgan fingerprint density at radius 2 is 1.63 bits per heavy atom. The van der Waals surface area contributed by atoms with Crippen LogP contribution in [0.25, 0.3) is 49.0 Å². The molecule has 4 bridgehead atoms. The van der Waals surface area contributed by atoms with E-state index in [1.165, 1.54) is 87.7 Å². The first-order chi connectivity index (χ1) is 18.5. The standard InChI is InChI=1S/C35H32N3/c1-19-9-27-31-25(18-36)5-4-6-28(31)38-29-14-26(35-15-21-10-22(16-35)12-23(11-21)17-35)13-24-7-8-37(3)34(32(24)29)30(20(19)2)33(27)38/h4-9,13-14,21-23H,10-12,15-17H2,1-3H3/q+1. The normalized spacial score (nSPS) is 26.5. The summed E-state index contributed by atoms with van der Waals surface area (Å²) in [7, 11) is 2.19. The molecule has 0 N–H and O–H groups in total. The molecule has 0 aliphatic heterocycles. The third-order valence-corrected chi connectivity index (χ3v) is 11.1. The first kappa shape index (κ1) is 21.3. The highest BCUT2D eigenvalue weighted by Gasteiger charge is 2.51. The molecule has 0 amide bonds. The first-order valence-electron chi connectivity index (χ1n) is 14.4. The lowest BCUT2D eigenvalue weighted by molar-refractivity contribution is -0.643. The average molecular weight is 495 g/mol. The van der Waals surface area contributed by atoms with Gasteiger partial charge in [-0.05, 0) is 128 Å². The third kappa shape index (κ3) is 2.43. The van der Waals surface area contributed by atoms with Crippen LogP contribution in [0.3, 0.4) is 0 Å². The fourth-order valence-corrected chi connectivity index (χ4v) is 9.82. The lowest BCUT2D eigenvalue weighted by atomic mass is 9.48. The van der Waals surface area contributed by atoms with Crippen molar-refractivity contribution in [2.45, 2.75) is 57.8 Å². The zero-order valence-electron chi connectivity index (χ0n) is 22.4. The molecule has 4 saturated carbocycles. The maximum Gasteiger partial charge on any atom is 0.224 e. The molecular formula is C35H32N3+. The van der Waals surface area contributed by atoms with Gasteiger partial charge >= 0.3 is 0 Å². The van der Waals surface area contributed by atoms with Crippen molar-refractivity contribution in [3.8, 4) is 6.07 Å². The molecule has 4 aliphatic carbocycles. The number of aryl methyl sites for hydroxylation is 3. The topological polar surface area (TPSA) is 32.1 Å². The van der Waals surface area contributed by atoms with Gasteiger partial charge in [0.15, 0.2) is 6.20 Å². The summed E-state index contributed by atoms with van der Waals surface area (Å²) < 4.78 is 4.84. The number of rotatable bonds is 1. The van der Waals surface area contributed by atoms with Gasteiger partial charge in [0.2, 0.25) is 5.52 Å². The van der Waals surface area contributed by atoms with Crippen LogP contribution in [0.5, 0.6) is 0 Å². The van der Waals surface area contributed by atoms with E-state index in [9.17, 15) is 5.26 Å². The molecule has 3 nitrogen and oxygen atoms in total. The van der Waals surface area contributed by atoms with E-state index in [-0.39, 0.29) is 0 Å². The lowest BCUT2D eigenvalue weighted by Gasteiger charge is -2.57. The summed E-state index contributed by atoms with van der Waals surface area (Å²) in [6.07, 6.45) is 10.8. The molecule has 3 aromatic carbocycles. The fraction of sp³-hybridized carbons (Fsp3) is 0.371. The molecule has 3 heteroatoms. The predicted molar refractivity (Wildman–Crippen MR) is 154 cm³/mol. The fourth-order valence-electron chi connectivity index (χ4n) is 9.82. The molecule has 6 aromatic rings. The molecule has 186 valence electrons. The van der Waals surface area contributed by atoms with Gasteiger partial charge in [-0.25, -0.2) is 4.57 Å². The van der Waals surface area contributed by atoms with Crippen molar-refractivity contribution in [2.24, 2.45) is 24.8 Å². The molecule has 0 radical (unpaired) electrons. The Morgan fingerprint density at radius 3 is 2.34 bits per heavy atom. The number of nitrogens with zero attached hydrogens (tertiary/aromatic N) is 3. The van der Waals surface area contributed by atoms with Crippen LogP contribution in [-0.4, -0.2) is 4.40 Å². The van der Waals surface area contributed by atoms with Crippen molar-refractivity contribution in [1.82, 2.24) is 4.40 Å². The molecule has 4 aliphatic rings. The smallest absolute Gasteiger partial charge is 0.224 e. The van der Waals surface area contributed by atoms with E-state index in [0.717, 1.165) is 34.2 Å². The number of hydrogen-bond donors (Lipinski definition) is 0. The van der Waals surface area contributed by atoms with Crippen molar-refractivity contribution in [3.05, 3.63) is 70.9 Å². The summed E-state index contributed by atoms with van der Waals surface area (Å²) in [5.41, 5.74) is 10.3. The Hall–Kier alpha value is -3.64. The van der Waals surface area contributed by atoms with Crippen LogP contribution in [0.2, 0.25) is 0 Å². The van der Waals surface area contributed by atoms with Gasteiger partial charge in [-0.1, -0.05) is 6.07 Å². The second-order valence-electron chi connectivity index (χ2n) is 13.2. The second-order valence-corrected chi connectivity index (χ2v) is 13.2. The van der Waals surface area contributed by atoms with Gasteiger partial charge in [0.05, 0.1) is 39.0 Å². The highest BCUT2D eigenvalue weighted by atomic mass is 15.0. The van der Waals surface area contributed by atoms with E-state index in [1.54, 1.807) is 5.56 Å². The van der Waals surface area contributed by atoms with E-state index < -0.39 is 0 Å². The molecule has 3 heterocycles. The maximum atomic E-state index is 10.1. The van der Waals surface area contributed by atoms with E-state index in [1.807, 2.05) is 6.07 Å². The van der Waals surface area contributed by atoms with Crippen LogP contribution in [-0.2, 0) is 12.5 Å². The molecule has 3 aromatic heterocycles. The summed E-state index contributed by atoms with van der Waals surface area (Å²) in [5.74, 6) is 2.75. The van der Waals surface area contributed by atoms with Gasteiger partial charge in [0, 0.05) is 16.8 Å². The average Bonchev–Trinajstić information content (AvgIpc) is 3.23. The highest BCUT2D eigenvalue weighted by Crippen LogP contribution is 2.61. The van der Waals surface area contributed by atoms with Crippen LogP contribution in [0.15, 0.2) is 48.7 Å². The number of nitriles is 1. The summed E-state index contributed by atoms with van der Waals surface area (Å²) in [5, 5.41) is 16.5. The highest BCUT2D eigenvalue weighted by molar-refractivity contribution is 6.26. The number of aromatic nitrogens is 2. The lowest BCUT2D eigenvalue weighted by Crippen LogP contribution is -2.48. The Morgan fingerprint density at radius 1 is 0.895 bits per heavy atom. The zero-order chi connectivity index (χ0) is 25.5. The van der Waals surface area contributed by atoms with Crippen molar-refractivity contribution >= 4 is 49.0 Å². The van der Waals surface area contributed by atoms with Crippen LogP contribution in [0, 0.1) is 42.9 Å². The summed E-state index contributed by atoms with van der Waals surface area (Å²) >= 11 is 0. The van der Waals surface area contributed by atoms with Crippen LogP contribution in [0.4, 0.5) is 0 Å². The van der Waals surface area contributed by atoms with E-state index in [0.29, 0.717) is 5.41 Å². The Bertz CT molecular complexity index is 2010. The minimum Gasteiger partial charge on any atom is -0.307 e.